The molecule has 0 aromatic heterocycles. The lowest BCUT2D eigenvalue weighted by Gasteiger charge is -2.15. The minimum absolute atomic E-state index is 0.0148. The van der Waals surface area contributed by atoms with Crippen molar-refractivity contribution in [3.63, 3.8) is 0 Å². The fraction of sp³-hybridized carbons (Fsp3) is 0.857. The van der Waals surface area contributed by atoms with Crippen molar-refractivity contribution in [1.29, 1.82) is 0 Å². The van der Waals surface area contributed by atoms with Crippen LogP contribution in [0.15, 0.2) is 0 Å². The molecule has 0 heterocycles. The molecule has 4 heteroatoms. The lowest BCUT2D eigenvalue weighted by Crippen LogP contribution is -2.31. The van der Waals surface area contributed by atoms with Gasteiger partial charge >= 0.3 is 5.97 Å². The summed E-state index contributed by atoms with van der Waals surface area (Å²) in [6.45, 7) is 4.26. The first-order valence-corrected chi connectivity index (χ1v) is 3.64. The summed E-state index contributed by atoms with van der Waals surface area (Å²) in [5, 5.41) is 8.60. The number of hydrogen-bond donors (Lipinski definition) is 2. The third-order valence-corrected chi connectivity index (χ3v) is 1.26. The SMILES string of the molecule is CC(C)C(OCCN)C(=O)O. The summed E-state index contributed by atoms with van der Waals surface area (Å²) in [6.07, 6.45) is -0.724. The first-order chi connectivity index (χ1) is 5.09. The summed E-state index contributed by atoms with van der Waals surface area (Å²) in [5.41, 5.74) is 5.16. The van der Waals surface area contributed by atoms with Gasteiger partial charge in [0.15, 0.2) is 6.10 Å². The second kappa shape index (κ2) is 5.09. The van der Waals surface area contributed by atoms with E-state index in [1.54, 1.807) is 13.8 Å². The number of carboxylic acid groups (broad SMARTS) is 1. The van der Waals surface area contributed by atoms with Crippen LogP contribution in [0.5, 0.6) is 0 Å². The van der Waals surface area contributed by atoms with Crippen LogP contribution in [0.1, 0.15) is 13.8 Å². The fourth-order valence-electron chi connectivity index (χ4n) is 0.744. The van der Waals surface area contributed by atoms with Crippen molar-refractivity contribution in [2.45, 2.75) is 20.0 Å². The molecule has 66 valence electrons. The second-order valence-corrected chi connectivity index (χ2v) is 2.66. The Bertz CT molecular complexity index is 125. The van der Waals surface area contributed by atoms with Gasteiger partial charge < -0.3 is 15.6 Å². The largest absolute Gasteiger partial charge is 0.479 e. The zero-order valence-corrected chi connectivity index (χ0v) is 6.91. The lowest BCUT2D eigenvalue weighted by atomic mass is 10.1. The Kier molecular flexibility index (Phi) is 4.81. The smallest absolute Gasteiger partial charge is 0.333 e. The maximum atomic E-state index is 10.5. The van der Waals surface area contributed by atoms with E-state index in [0.717, 1.165) is 0 Å². The highest BCUT2D eigenvalue weighted by Crippen LogP contribution is 2.05. The maximum Gasteiger partial charge on any atom is 0.333 e. The van der Waals surface area contributed by atoms with Crippen LogP contribution in [-0.2, 0) is 9.53 Å². The average Bonchev–Trinajstić information content (AvgIpc) is 1.87. The Labute approximate surface area is 66.3 Å². The Morgan fingerprint density at radius 3 is 2.45 bits per heavy atom. The summed E-state index contributed by atoms with van der Waals surface area (Å²) in [7, 11) is 0. The monoisotopic (exact) mass is 161 g/mol. The quantitative estimate of drug-likeness (QED) is 0.598. The number of carbonyl (C=O) groups is 1. The van der Waals surface area contributed by atoms with Gasteiger partial charge in [0.25, 0.3) is 0 Å². The lowest BCUT2D eigenvalue weighted by molar-refractivity contribution is -0.153. The third-order valence-electron chi connectivity index (χ3n) is 1.26. The van der Waals surface area contributed by atoms with Gasteiger partial charge in [0.1, 0.15) is 0 Å². The van der Waals surface area contributed by atoms with Crippen molar-refractivity contribution in [1.82, 2.24) is 0 Å². The molecule has 0 bridgehead atoms. The van der Waals surface area contributed by atoms with E-state index in [1.165, 1.54) is 0 Å². The number of ether oxygens (including phenoxy) is 1. The molecule has 3 N–H and O–H groups in total. The zero-order chi connectivity index (χ0) is 8.85. The molecule has 4 nitrogen and oxygen atoms in total. The number of nitrogens with two attached hydrogens (primary N) is 1. The van der Waals surface area contributed by atoms with Gasteiger partial charge in [-0.2, -0.15) is 0 Å². The normalized spacial score (nSPS) is 13.5. The molecule has 0 fully saturated rings. The molecule has 0 aromatic rings. The van der Waals surface area contributed by atoms with Crippen LogP contribution in [0.2, 0.25) is 0 Å². The molecule has 0 aliphatic heterocycles. The van der Waals surface area contributed by atoms with Crippen molar-refractivity contribution >= 4 is 5.97 Å². The minimum Gasteiger partial charge on any atom is -0.479 e. The summed E-state index contributed by atoms with van der Waals surface area (Å²) in [6, 6.07) is 0. The van der Waals surface area contributed by atoms with Gasteiger partial charge in [0.05, 0.1) is 6.61 Å². The van der Waals surface area contributed by atoms with Crippen LogP contribution >= 0.6 is 0 Å². The molecule has 0 aromatic carbocycles. The van der Waals surface area contributed by atoms with E-state index < -0.39 is 12.1 Å². The van der Waals surface area contributed by atoms with Crippen molar-refractivity contribution in [3.05, 3.63) is 0 Å². The van der Waals surface area contributed by atoms with Crippen molar-refractivity contribution in [2.75, 3.05) is 13.2 Å². The van der Waals surface area contributed by atoms with E-state index in [0.29, 0.717) is 13.2 Å². The molecule has 11 heavy (non-hydrogen) atoms. The molecule has 0 saturated heterocycles. The van der Waals surface area contributed by atoms with Crippen molar-refractivity contribution in [2.24, 2.45) is 11.7 Å². The topological polar surface area (TPSA) is 72.5 Å². The minimum atomic E-state index is -0.923. The number of carboxylic acids is 1. The second-order valence-electron chi connectivity index (χ2n) is 2.66. The molecule has 0 saturated carbocycles. The van der Waals surface area contributed by atoms with Gasteiger partial charge in [-0.15, -0.1) is 0 Å². The van der Waals surface area contributed by atoms with Crippen LogP contribution in [-0.4, -0.2) is 30.3 Å². The van der Waals surface area contributed by atoms with E-state index >= 15 is 0 Å². The van der Waals surface area contributed by atoms with Crippen LogP contribution < -0.4 is 5.73 Å². The van der Waals surface area contributed by atoms with Gasteiger partial charge in [-0.25, -0.2) is 4.79 Å². The molecular formula is C7H15NO3. The highest BCUT2D eigenvalue weighted by atomic mass is 16.5. The van der Waals surface area contributed by atoms with E-state index in [4.69, 9.17) is 15.6 Å². The van der Waals surface area contributed by atoms with E-state index in [2.05, 4.69) is 0 Å². The molecule has 0 amide bonds. The van der Waals surface area contributed by atoms with E-state index in [-0.39, 0.29) is 5.92 Å². The van der Waals surface area contributed by atoms with Crippen molar-refractivity contribution < 1.29 is 14.6 Å². The molecule has 0 aliphatic rings. The molecule has 0 aliphatic carbocycles. The molecule has 0 spiro atoms. The number of aliphatic carboxylic acids is 1. The molecule has 1 atom stereocenters. The zero-order valence-electron chi connectivity index (χ0n) is 6.91. The van der Waals surface area contributed by atoms with Crippen LogP contribution in [0, 0.1) is 5.92 Å². The predicted octanol–water partition coefficient (Wildman–Crippen LogP) is 0.0709. The van der Waals surface area contributed by atoms with E-state index in [9.17, 15) is 4.79 Å². The van der Waals surface area contributed by atoms with Gasteiger partial charge in [0, 0.05) is 6.54 Å². The average molecular weight is 161 g/mol. The summed E-state index contributed by atoms with van der Waals surface area (Å²) in [4.78, 5) is 10.5. The van der Waals surface area contributed by atoms with Crippen molar-refractivity contribution in [3.8, 4) is 0 Å². The Morgan fingerprint density at radius 2 is 2.18 bits per heavy atom. The van der Waals surface area contributed by atoms with Gasteiger partial charge in [-0.05, 0) is 5.92 Å². The standard InChI is InChI=1S/C7H15NO3/c1-5(2)6(7(9)10)11-4-3-8/h5-6H,3-4,8H2,1-2H3,(H,9,10). The van der Waals surface area contributed by atoms with Crippen LogP contribution in [0.3, 0.4) is 0 Å². The number of hydrogen-bond acceptors (Lipinski definition) is 3. The third kappa shape index (κ3) is 3.95. The highest BCUT2D eigenvalue weighted by molar-refractivity contribution is 5.72. The molecular weight excluding hydrogens is 146 g/mol. The Balaban J connectivity index is 3.80. The highest BCUT2D eigenvalue weighted by Gasteiger charge is 2.21. The van der Waals surface area contributed by atoms with E-state index in [1.807, 2.05) is 0 Å². The van der Waals surface area contributed by atoms with Gasteiger partial charge in [-0.1, -0.05) is 13.8 Å². The molecule has 0 rings (SSSR count). The maximum absolute atomic E-state index is 10.5. The first kappa shape index (κ1) is 10.4. The Hall–Kier alpha value is -0.610. The van der Waals surface area contributed by atoms with Crippen LogP contribution in [0.4, 0.5) is 0 Å². The summed E-state index contributed by atoms with van der Waals surface area (Å²) >= 11 is 0. The number of rotatable bonds is 5. The van der Waals surface area contributed by atoms with Gasteiger partial charge in [-0.3, -0.25) is 0 Å². The summed E-state index contributed by atoms with van der Waals surface area (Å²) < 4.78 is 4.99. The summed E-state index contributed by atoms with van der Waals surface area (Å²) in [5.74, 6) is -0.938. The predicted molar refractivity (Wildman–Crippen MR) is 41.3 cm³/mol. The van der Waals surface area contributed by atoms with Crippen LogP contribution in [0.25, 0.3) is 0 Å². The Morgan fingerprint density at radius 1 is 1.64 bits per heavy atom. The molecule has 1 unspecified atom stereocenters. The molecule has 0 radical (unpaired) electrons. The van der Waals surface area contributed by atoms with Gasteiger partial charge in [0.2, 0.25) is 0 Å². The first-order valence-electron chi connectivity index (χ1n) is 3.64. The fourth-order valence-corrected chi connectivity index (χ4v) is 0.744.